The molecule has 0 bridgehead atoms. The second kappa shape index (κ2) is 8.28. The van der Waals surface area contributed by atoms with Gasteiger partial charge in [-0.25, -0.2) is 9.97 Å². The zero-order valence-electron chi connectivity index (χ0n) is 13.2. The van der Waals surface area contributed by atoms with Gasteiger partial charge in [0.05, 0.1) is 5.75 Å². The minimum absolute atomic E-state index is 0. The van der Waals surface area contributed by atoms with Crippen LogP contribution in [0.1, 0.15) is 23.3 Å². The number of hydrogen-bond donors (Lipinski definition) is 2. The fourth-order valence-corrected chi connectivity index (χ4v) is 4.56. The number of carbonyl (C=O) groups is 1. The SMILES string of the molecule is Cc1sc2ncnc(SCC(=O)NCC3CCCN3)c2c1C.Cl. The average Bonchev–Trinajstić information content (AvgIpc) is 3.12. The third kappa shape index (κ3) is 4.35. The van der Waals surface area contributed by atoms with Crippen molar-refractivity contribution in [3.05, 3.63) is 16.8 Å². The van der Waals surface area contributed by atoms with Crippen molar-refractivity contribution < 1.29 is 4.79 Å². The predicted molar refractivity (Wildman–Crippen MR) is 98.9 cm³/mol. The van der Waals surface area contributed by atoms with Crippen LogP contribution < -0.4 is 10.6 Å². The quantitative estimate of drug-likeness (QED) is 0.624. The highest BCUT2D eigenvalue weighted by Gasteiger charge is 2.16. The van der Waals surface area contributed by atoms with Gasteiger partial charge in [-0.05, 0) is 38.8 Å². The van der Waals surface area contributed by atoms with E-state index in [-0.39, 0.29) is 18.3 Å². The number of aromatic nitrogens is 2. The Morgan fingerprint density at radius 1 is 1.48 bits per heavy atom. The van der Waals surface area contributed by atoms with Crippen molar-refractivity contribution in [3.63, 3.8) is 0 Å². The summed E-state index contributed by atoms with van der Waals surface area (Å²) in [4.78, 5) is 22.9. The van der Waals surface area contributed by atoms with Gasteiger partial charge >= 0.3 is 0 Å². The van der Waals surface area contributed by atoms with Crippen LogP contribution in [0.5, 0.6) is 0 Å². The summed E-state index contributed by atoms with van der Waals surface area (Å²) < 4.78 is 0. The molecule has 1 aliphatic rings. The molecule has 0 spiro atoms. The highest BCUT2D eigenvalue weighted by molar-refractivity contribution is 8.00. The molecule has 2 N–H and O–H groups in total. The second-order valence-electron chi connectivity index (χ2n) is 5.53. The van der Waals surface area contributed by atoms with E-state index >= 15 is 0 Å². The lowest BCUT2D eigenvalue weighted by Crippen LogP contribution is -2.37. The Balaban J connectivity index is 0.00000192. The fraction of sp³-hybridized carbons (Fsp3) is 0.533. The number of nitrogens with zero attached hydrogens (tertiary/aromatic N) is 2. The first kappa shape index (κ1) is 18.4. The minimum Gasteiger partial charge on any atom is -0.354 e. The van der Waals surface area contributed by atoms with E-state index in [9.17, 15) is 4.79 Å². The summed E-state index contributed by atoms with van der Waals surface area (Å²) >= 11 is 3.17. The molecule has 8 heteroatoms. The molecule has 3 rings (SSSR count). The number of fused-ring (bicyclic) bond motifs is 1. The van der Waals surface area contributed by atoms with E-state index in [2.05, 4.69) is 34.4 Å². The molecule has 3 heterocycles. The molecule has 2 aromatic heterocycles. The Kier molecular flexibility index (Phi) is 6.64. The molecule has 126 valence electrons. The number of rotatable bonds is 5. The molecule has 2 aromatic rings. The van der Waals surface area contributed by atoms with Crippen LogP contribution >= 0.6 is 35.5 Å². The molecule has 23 heavy (non-hydrogen) atoms. The van der Waals surface area contributed by atoms with Gasteiger partial charge in [0.25, 0.3) is 0 Å². The first-order chi connectivity index (χ1) is 10.6. The molecule has 0 aromatic carbocycles. The van der Waals surface area contributed by atoms with E-state index in [4.69, 9.17) is 0 Å². The third-order valence-electron chi connectivity index (χ3n) is 3.98. The van der Waals surface area contributed by atoms with Crippen LogP contribution in [0.15, 0.2) is 11.4 Å². The highest BCUT2D eigenvalue weighted by atomic mass is 35.5. The molecule has 0 radical (unpaired) electrons. The van der Waals surface area contributed by atoms with Gasteiger partial charge in [0, 0.05) is 22.8 Å². The first-order valence-corrected chi connectivity index (χ1v) is 9.29. The maximum atomic E-state index is 12.0. The lowest BCUT2D eigenvalue weighted by atomic mass is 10.2. The van der Waals surface area contributed by atoms with Gasteiger partial charge in [-0.15, -0.1) is 23.7 Å². The summed E-state index contributed by atoms with van der Waals surface area (Å²) in [5.41, 5.74) is 1.22. The predicted octanol–water partition coefficient (Wildman–Crippen LogP) is 2.69. The molecular formula is C15H21ClN4OS2. The van der Waals surface area contributed by atoms with E-state index < -0.39 is 0 Å². The van der Waals surface area contributed by atoms with Crippen LogP contribution in [-0.4, -0.2) is 40.8 Å². The molecule has 1 fully saturated rings. The number of thiophene rings is 1. The topological polar surface area (TPSA) is 66.9 Å². The number of amides is 1. The first-order valence-electron chi connectivity index (χ1n) is 7.48. The highest BCUT2D eigenvalue weighted by Crippen LogP contribution is 2.34. The van der Waals surface area contributed by atoms with Gasteiger partial charge in [0.1, 0.15) is 16.2 Å². The van der Waals surface area contributed by atoms with Gasteiger partial charge < -0.3 is 10.6 Å². The average molecular weight is 373 g/mol. The van der Waals surface area contributed by atoms with Gasteiger partial charge in [0.15, 0.2) is 0 Å². The van der Waals surface area contributed by atoms with Gasteiger partial charge in [-0.2, -0.15) is 0 Å². The monoisotopic (exact) mass is 372 g/mol. The van der Waals surface area contributed by atoms with Gasteiger partial charge in [-0.1, -0.05) is 11.8 Å². The van der Waals surface area contributed by atoms with E-state index in [1.54, 1.807) is 17.7 Å². The van der Waals surface area contributed by atoms with Crippen molar-refractivity contribution in [1.29, 1.82) is 0 Å². The van der Waals surface area contributed by atoms with Crippen LogP contribution in [0.2, 0.25) is 0 Å². The second-order valence-corrected chi connectivity index (χ2v) is 7.70. The van der Waals surface area contributed by atoms with Crippen molar-refractivity contribution in [2.45, 2.75) is 37.8 Å². The lowest BCUT2D eigenvalue weighted by Gasteiger charge is -2.11. The Bertz CT molecular complexity index is 685. The smallest absolute Gasteiger partial charge is 0.230 e. The standard InChI is InChI=1S/C15H20N4OS2.ClH/c1-9-10(2)22-15-13(9)14(18-8-19-15)21-7-12(20)17-6-11-4-3-5-16-11;/h8,11,16H,3-7H2,1-2H3,(H,17,20);1H. The summed E-state index contributed by atoms with van der Waals surface area (Å²) in [6, 6.07) is 0.432. The van der Waals surface area contributed by atoms with Crippen LogP contribution in [-0.2, 0) is 4.79 Å². The zero-order chi connectivity index (χ0) is 15.5. The normalized spacial score (nSPS) is 17.2. The van der Waals surface area contributed by atoms with Crippen molar-refractivity contribution in [1.82, 2.24) is 20.6 Å². The molecule has 5 nitrogen and oxygen atoms in total. The number of nitrogens with one attached hydrogen (secondary N) is 2. The lowest BCUT2D eigenvalue weighted by molar-refractivity contribution is -0.118. The van der Waals surface area contributed by atoms with E-state index in [0.717, 1.165) is 34.8 Å². The maximum Gasteiger partial charge on any atom is 0.230 e. The Labute approximate surface area is 150 Å². The van der Waals surface area contributed by atoms with Crippen molar-refractivity contribution in [2.24, 2.45) is 0 Å². The van der Waals surface area contributed by atoms with Crippen molar-refractivity contribution in [2.75, 3.05) is 18.8 Å². The van der Waals surface area contributed by atoms with Crippen LogP contribution in [0.3, 0.4) is 0 Å². The van der Waals surface area contributed by atoms with Gasteiger partial charge in [-0.3, -0.25) is 4.79 Å². The largest absolute Gasteiger partial charge is 0.354 e. The number of carbonyl (C=O) groups excluding carboxylic acids is 1. The fourth-order valence-electron chi connectivity index (χ4n) is 2.61. The van der Waals surface area contributed by atoms with E-state index in [0.29, 0.717) is 11.8 Å². The van der Waals surface area contributed by atoms with Crippen molar-refractivity contribution >= 4 is 51.6 Å². The molecule has 0 aliphatic carbocycles. The van der Waals surface area contributed by atoms with Crippen LogP contribution in [0.4, 0.5) is 0 Å². The summed E-state index contributed by atoms with van der Waals surface area (Å²) in [5, 5.41) is 8.38. The third-order valence-corrected chi connectivity index (χ3v) is 6.08. The number of hydrogen-bond acceptors (Lipinski definition) is 6. The summed E-state index contributed by atoms with van der Waals surface area (Å²) in [5.74, 6) is 0.461. The number of aryl methyl sites for hydroxylation is 2. The van der Waals surface area contributed by atoms with E-state index in [1.165, 1.54) is 28.6 Å². The molecule has 0 saturated carbocycles. The van der Waals surface area contributed by atoms with Gasteiger partial charge in [0.2, 0.25) is 5.91 Å². The summed E-state index contributed by atoms with van der Waals surface area (Å²) in [7, 11) is 0. The molecule has 1 aliphatic heterocycles. The summed E-state index contributed by atoms with van der Waals surface area (Å²) in [6.45, 7) is 5.96. The molecule has 1 amide bonds. The van der Waals surface area contributed by atoms with Crippen LogP contribution in [0.25, 0.3) is 10.2 Å². The van der Waals surface area contributed by atoms with Crippen LogP contribution in [0, 0.1) is 13.8 Å². The Morgan fingerprint density at radius 2 is 2.30 bits per heavy atom. The number of thioether (sulfide) groups is 1. The Hall–Kier alpha value is -0.890. The molecule has 1 saturated heterocycles. The number of halogens is 1. The van der Waals surface area contributed by atoms with Crippen molar-refractivity contribution in [3.8, 4) is 0 Å². The molecular weight excluding hydrogens is 352 g/mol. The molecule has 1 atom stereocenters. The summed E-state index contributed by atoms with van der Waals surface area (Å²) in [6.07, 6.45) is 3.93. The van der Waals surface area contributed by atoms with E-state index in [1.807, 2.05) is 0 Å². The Morgan fingerprint density at radius 3 is 3.04 bits per heavy atom. The minimum atomic E-state index is 0. The maximum absolute atomic E-state index is 12.0. The zero-order valence-corrected chi connectivity index (χ0v) is 15.7. The molecule has 1 unspecified atom stereocenters.